The predicted octanol–water partition coefficient (Wildman–Crippen LogP) is 6.04. The Morgan fingerprint density at radius 2 is 1.98 bits per heavy atom. The largest absolute Gasteiger partial charge is 0.472 e. The lowest BCUT2D eigenvalue weighted by atomic mass is 10.0. The fourth-order valence-electron chi connectivity index (χ4n) is 7.38. The SMILES string of the molecule is CCN1c2nc(OC)nc3c(F)c(-c4ccc(F)c5sc(N)c(C#N)c45)nc(c23)OC(C)C1Cc1ccnc(N)c1.FC1CC2CCCN2C1. The number of nitrogens with two attached hydrogens (primary N) is 2. The average Bonchev–Trinajstić information content (AvgIpc) is 3.77. The maximum absolute atomic E-state index is 16.5. The normalized spacial score (nSPS) is 21.3. The van der Waals surface area contributed by atoms with Gasteiger partial charge >= 0.3 is 6.01 Å². The lowest BCUT2D eigenvalue weighted by Gasteiger charge is -2.33. The second-order valence-electron chi connectivity index (χ2n) is 12.7. The van der Waals surface area contributed by atoms with Crippen molar-refractivity contribution < 1.29 is 22.6 Å². The molecule has 4 aromatic heterocycles. The number of thiophene rings is 1. The minimum atomic E-state index is -0.792. The number of nitriles is 1. The summed E-state index contributed by atoms with van der Waals surface area (Å²) < 4.78 is 55.8. The van der Waals surface area contributed by atoms with Crippen molar-refractivity contribution in [2.24, 2.45) is 0 Å². The first kappa shape index (κ1) is 33.6. The van der Waals surface area contributed by atoms with E-state index in [4.69, 9.17) is 20.9 Å². The number of pyridine rings is 2. The van der Waals surface area contributed by atoms with E-state index in [0.29, 0.717) is 37.2 Å². The van der Waals surface area contributed by atoms with Gasteiger partial charge in [-0.25, -0.2) is 23.1 Å². The van der Waals surface area contributed by atoms with E-state index in [2.05, 4.69) is 24.8 Å². The fourth-order valence-corrected chi connectivity index (χ4v) is 8.33. The number of benzene rings is 1. The van der Waals surface area contributed by atoms with Crippen molar-refractivity contribution in [2.45, 2.75) is 63.9 Å². The minimum Gasteiger partial charge on any atom is -0.472 e. The number of nitrogen functional groups attached to an aromatic ring is 2. The second-order valence-corrected chi connectivity index (χ2v) is 13.7. The summed E-state index contributed by atoms with van der Waals surface area (Å²) in [4.78, 5) is 21.9. The molecule has 260 valence electrons. The van der Waals surface area contributed by atoms with Crippen LogP contribution in [0.1, 0.15) is 44.2 Å². The summed E-state index contributed by atoms with van der Waals surface area (Å²) in [5, 5.41) is 10.4. The van der Waals surface area contributed by atoms with E-state index < -0.39 is 23.9 Å². The third-order valence-corrected chi connectivity index (χ3v) is 10.7. The molecule has 4 unspecified atom stereocenters. The molecule has 0 spiro atoms. The third kappa shape index (κ3) is 5.86. The van der Waals surface area contributed by atoms with Gasteiger partial charge in [0.25, 0.3) is 0 Å². The van der Waals surface area contributed by atoms with Gasteiger partial charge in [0, 0.05) is 36.3 Å². The molecule has 0 aliphatic carbocycles. The van der Waals surface area contributed by atoms with Crippen molar-refractivity contribution in [3.05, 3.63) is 53.2 Å². The van der Waals surface area contributed by atoms with Crippen LogP contribution in [0.3, 0.4) is 0 Å². The number of rotatable bonds is 5. The van der Waals surface area contributed by atoms with E-state index in [-0.39, 0.29) is 60.7 Å². The molecule has 3 aliphatic rings. The number of halogens is 3. The van der Waals surface area contributed by atoms with E-state index >= 15 is 4.39 Å². The van der Waals surface area contributed by atoms with Crippen LogP contribution in [-0.2, 0) is 6.42 Å². The first-order chi connectivity index (χ1) is 24.1. The van der Waals surface area contributed by atoms with Gasteiger partial charge in [-0.1, -0.05) is 0 Å². The number of anilines is 3. The molecule has 2 fully saturated rings. The number of ether oxygens (including phenoxy) is 2. The quantitative estimate of drug-likeness (QED) is 0.221. The molecule has 0 amide bonds. The molecule has 7 heterocycles. The number of alkyl halides is 1. The first-order valence-corrected chi connectivity index (χ1v) is 17.3. The fraction of sp³-hybridized carbons (Fsp3) is 0.400. The maximum Gasteiger partial charge on any atom is 0.318 e. The first-order valence-electron chi connectivity index (χ1n) is 16.5. The number of nitrogens with zero attached hydrogens (tertiary/aromatic N) is 7. The molecular formula is C35H36F3N9O2S. The summed E-state index contributed by atoms with van der Waals surface area (Å²) in [5.41, 5.74) is 12.9. The van der Waals surface area contributed by atoms with Crippen molar-refractivity contribution in [2.75, 3.05) is 43.1 Å². The molecule has 15 heteroatoms. The Hall–Kier alpha value is -4.94. The van der Waals surface area contributed by atoms with Gasteiger partial charge < -0.3 is 25.8 Å². The number of likely N-dealkylation sites (N-methyl/N-ethyl adjacent to an activating group) is 1. The highest BCUT2D eigenvalue weighted by atomic mass is 32.1. The number of fused-ring (bicyclic) bond motifs is 2. The highest BCUT2D eigenvalue weighted by Gasteiger charge is 2.37. The van der Waals surface area contributed by atoms with E-state index in [9.17, 15) is 14.0 Å². The summed E-state index contributed by atoms with van der Waals surface area (Å²) in [5.74, 6) is -0.459. The zero-order valence-corrected chi connectivity index (χ0v) is 28.6. The van der Waals surface area contributed by atoms with Crippen molar-refractivity contribution >= 4 is 49.0 Å². The van der Waals surface area contributed by atoms with Gasteiger partial charge in [-0.05, 0) is 75.9 Å². The molecule has 0 saturated carbocycles. The molecule has 0 radical (unpaired) electrons. The summed E-state index contributed by atoms with van der Waals surface area (Å²) in [7, 11) is 1.40. The molecule has 2 saturated heterocycles. The number of methoxy groups -OCH3 is 1. The van der Waals surface area contributed by atoms with Crippen LogP contribution >= 0.6 is 11.3 Å². The molecule has 3 aliphatic heterocycles. The van der Waals surface area contributed by atoms with Gasteiger partial charge in [-0.3, -0.25) is 4.90 Å². The molecule has 4 atom stereocenters. The second kappa shape index (κ2) is 13.4. The maximum atomic E-state index is 16.5. The Bertz CT molecular complexity index is 2130. The lowest BCUT2D eigenvalue weighted by molar-refractivity contribution is 0.183. The topological polar surface area (TPSA) is 152 Å². The summed E-state index contributed by atoms with van der Waals surface area (Å²) in [6, 6.07) is 8.57. The van der Waals surface area contributed by atoms with Crippen LogP contribution in [0.4, 0.5) is 29.8 Å². The van der Waals surface area contributed by atoms with Crippen LogP contribution in [0, 0.1) is 23.0 Å². The highest BCUT2D eigenvalue weighted by Crippen LogP contribution is 2.45. The lowest BCUT2D eigenvalue weighted by Crippen LogP contribution is -2.46. The van der Waals surface area contributed by atoms with Crippen molar-refractivity contribution in [1.82, 2.24) is 24.8 Å². The zero-order chi connectivity index (χ0) is 35.3. The molecule has 0 bridgehead atoms. The van der Waals surface area contributed by atoms with Crippen molar-refractivity contribution in [3.8, 4) is 29.2 Å². The van der Waals surface area contributed by atoms with Crippen molar-refractivity contribution in [1.29, 1.82) is 5.26 Å². The summed E-state index contributed by atoms with van der Waals surface area (Å²) >= 11 is 0.920. The van der Waals surface area contributed by atoms with E-state index in [0.717, 1.165) is 29.9 Å². The Morgan fingerprint density at radius 1 is 1.16 bits per heavy atom. The van der Waals surface area contributed by atoms with E-state index in [1.807, 2.05) is 30.9 Å². The summed E-state index contributed by atoms with van der Waals surface area (Å²) in [6.07, 6.45) is 4.53. The van der Waals surface area contributed by atoms with Gasteiger partial charge in [-0.2, -0.15) is 15.2 Å². The van der Waals surface area contributed by atoms with Gasteiger partial charge in [0.15, 0.2) is 5.82 Å². The molecular weight excluding hydrogens is 668 g/mol. The molecule has 4 N–H and O–H groups in total. The van der Waals surface area contributed by atoms with Gasteiger partial charge in [0.05, 0.1) is 23.4 Å². The molecule has 11 nitrogen and oxygen atoms in total. The van der Waals surface area contributed by atoms with E-state index in [1.165, 1.54) is 32.1 Å². The average molecular weight is 704 g/mol. The Balaban J connectivity index is 0.000000375. The molecule has 1 aromatic carbocycles. The minimum absolute atomic E-state index is 0.0452. The van der Waals surface area contributed by atoms with E-state index in [1.54, 1.807) is 12.3 Å². The van der Waals surface area contributed by atoms with Crippen molar-refractivity contribution in [3.63, 3.8) is 0 Å². The van der Waals surface area contributed by atoms with Crippen LogP contribution in [0.5, 0.6) is 11.9 Å². The van der Waals surface area contributed by atoms with Gasteiger partial charge in [-0.15, -0.1) is 11.3 Å². The Kier molecular flexibility index (Phi) is 9.00. The molecule has 8 rings (SSSR count). The number of aromatic nitrogens is 4. The third-order valence-electron chi connectivity index (χ3n) is 9.68. The molecule has 5 aromatic rings. The predicted molar refractivity (Wildman–Crippen MR) is 187 cm³/mol. The van der Waals surface area contributed by atoms with Crippen LogP contribution in [-0.4, -0.2) is 75.9 Å². The van der Waals surface area contributed by atoms with Gasteiger partial charge in [0.1, 0.15) is 57.4 Å². The van der Waals surface area contributed by atoms with Crippen LogP contribution < -0.4 is 25.8 Å². The Morgan fingerprint density at radius 3 is 2.70 bits per heavy atom. The zero-order valence-electron chi connectivity index (χ0n) is 27.8. The van der Waals surface area contributed by atoms with Crippen LogP contribution in [0.15, 0.2) is 30.5 Å². The highest BCUT2D eigenvalue weighted by molar-refractivity contribution is 7.23. The monoisotopic (exact) mass is 703 g/mol. The number of hydrogen-bond donors (Lipinski definition) is 2. The van der Waals surface area contributed by atoms with Crippen LogP contribution in [0.2, 0.25) is 0 Å². The van der Waals surface area contributed by atoms with Gasteiger partial charge in [0.2, 0.25) is 5.88 Å². The summed E-state index contributed by atoms with van der Waals surface area (Å²) in [6.45, 7) is 6.23. The smallest absolute Gasteiger partial charge is 0.318 e. The Labute approximate surface area is 290 Å². The standard InChI is InChI=1S/C28H24F2N8O2S.C7H12FN/c1-4-38-17(9-13-7-8-34-18(32)10-13)12(2)40-27-20-23(36-28(39-3)37-26(20)38)21(30)22(35-27)14-5-6-16(29)24-19(14)15(11-31)25(33)41-24;8-6-4-7-2-1-3-9(7)5-6/h5-8,10,12,17H,4,9,33H2,1-3H3,(H2,32,34);6-7H,1-5H2. The van der Waals surface area contributed by atoms with Crippen LogP contribution in [0.25, 0.3) is 32.2 Å². The molecule has 50 heavy (non-hydrogen) atoms. The number of hydrogen-bond acceptors (Lipinski definition) is 12.